The SMILES string of the molecule is Cc1cc([N+](=O)[O-])ccc1OCCC(C)(C#N)NC1CC1. The molecule has 2 rings (SSSR count). The molecule has 0 radical (unpaired) electrons. The fourth-order valence-electron chi connectivity index (χ4n) is 2.11. The summed E-state index contributed by atoms with van der Waals surface area (Å²) in [6, 6.07) is 7.26. The highest BCUT2D eigenvalue weighted by Gasteiger charge is 2.32. The van der Waals surface area contributed by atoms with Crippen LogP contribution in [0.15, 0.2) is 18.2 Å². The molecule has 1 atom stereocenters. The van der Waals surface area contributed by atoms with Crippen LogP contribution in [0.5, 0.6) is 5.75 Å². The van der Waals surface area contributed by atoms with Gasteiger partial charge in [0.1, 0.15) is 11.3 Å². The van der Waals surface area contributed by atoms with E-state index in [1.54, 1.807) is 13.0 Å². The lowest BCUT2D eigenvalue weighted by Gasteiger charge is -2.23. The predicted molar refractivity (Wildman–Crippen MR) is 78.1 cm³/mol. The Bertz CT molecular complexity index is 578. The molecule has 1 unspecified atom stereocenters. The topological polar surface area (TPSA) is 88.2 Å². The van der Waals surface area contributed by atoms with Gasteiger partial charge in [-0.2, -0.15) is 5.26 Å². The number of hydrogen-bond donors (Lipinski definition) is 1. The molecule has 6 nitrogen and oxygen atoms in total. The molecular formula is C15H19N3O3. The number of nitro groups is 1. The fourth-order valence-corrected chi connectivity index (χ4v) is 2.11. The molecule has 1 aromatic rings. The molecular weight excluding hydrogens is 270 g/mol. The zero-order chi connectivity index (χ0) is 15.5. The summed E-state index contributed by atoms with van der Waals surface area (Å²) in [6.07, 6.45) is 2.82. The molecule has 1 aliphatic carbocycles. The first-order valence-electron chi connectivity index (χ1n) is 7.00. The van der Waals surface area contributed by atoms with Crippen LogP contribution in [0.25, 0.3) is 0 Å². The molecule has 1 N–H and O–H groups in total. The monoisotopic (exact) mass is 289 g/mol. The molecule has 0 aliphatic heterocycles. The number of nitrogens with zero attached hydrogens (tertiary/aromatic N) is 2. The van der Waals surface area contributed by atoms with E-state index in [1.807, 2.05) is 6.92 Å². The first-order valence-corrected chi connectivity index (χ1v) is 7.00. The van der Waals surface area contributed by atoms with Crippen molar-refractivity contribution in [2.75, 3.05) is 6.61 Å². The van der Waals surface area contributed by atoms with Crippen molar-refractivity contribution in [3.05, 3.63) is 33.9 Å². The minimum atomic E-state index is -0.587. The second-order valence-electron chi connectivity index (χ2n) is 5.67. The van der Waals surface area contributed by atoms with Gasteiger partial charge in [0, 0.05) is 24.6 Å². The van der Waals surface area contributed by atoms with E-state index in [9.17, 15) is 15.4 Å². The van der Waals surface area contributed by atoms with Crippen molar-refractivity contribution in [1.82, 2.24) is 5.32 Å². The summed E-state index contributed by atoms with van der Waals surface area (Å²) in [5, 5.41) is 23.3. The van der Waals surface area contributed by atoms with Gasteiger partial charge in [0.15, 0.2) is 0 Å². The smallest absolute Gasteiger partial charge is 0.269 e. The largest absolute Gasteiger partial charge is 0.493 e. The molecule has 1 saturated carbocycles. The Morgan fingerprint density at radius 2 is 2.29 bits per heavy atom. The van der Waals surface area contributed by atoms with Gasteiger partial charge in [-0.3, -0.25) is 15.4 Å². The molecule has 1 aromatic carbocycles. The zero-order valence-electron chi connectivity index (χ0n) is 12.3. The summed E-state index contributed by atoms with van der Waals surface area (Å²) in [4.78, 5) is 10.3. The van der Waals surface area contributed by atoms with Crippen molar-refractivity contribution in [2.24, 2.45) is 0 Å². The number of benzene rings is 1. The first kappa shape index (κ1) is 15.3. The summed E-state index contributed by atoms with van der Waals surface area (Å²) >= 11 is 0. The van der Waals surface area contributed by atoms with Gasteiger partial charge in [0.05, 0.1) is 17.6 Å². The van der Waals surface area contributed by atoms with E-state index in [0.29, 0.717) is 24.8 Å². The van der Waals surface area contributed by atoms with Gasteiger partial charge in [0.2, 0.25) is 0 Å². The number of aryl methyl sites for hydroxylation is 1. The Kier molecular flexibility index (Phi) is 4.43. The van der Waals surface area contributed by atoms with Crippen molar-refractivity contribution >= 4 is 5.69 Å². The van der Waals surface area contributed by atoms with Crippen molar-refractivity contribution in [2.45, 2.75) is 44.7 Å². The molecule has 0 saturated heterocycles. The quantitative estimate of drug-likeness (QED) is 0.616. The fraction of sp³-hybridized carbons (Fsp3) is 0.533. The maximum Gasteiger partial charge on any atom is 0.269 e. The molecule has 6 heteroatoms. The molecule has 0 heterocycles. The van der Waals surface area contributed by atoms with Crippen LogP contribution in [-0.2, 0) is 0 Å². The second kappa shape index (κ2) is 6.10. The summed E-state index contributed by atoms with van der Waals surface area (Å²) < 4.78 is 5.66. The molecule has 0 amide bonds. The number of nitrogens with one attached hydrogen (secondary N) is 1. The number of ether oxygens (including phenoxy) is 1. The van der Waals surface area contributed by atoms with E-state index >= 15 is 0 Å². The third kappa shape index (κ3) is 4.17. The van der Waals surface area contributed by atoms with Crippen LogP contribution in [0.3, 0.4) is 0 Å². The van der Waals surface area contributed by atoms with Crippen LogP contribution in [0.2, 0.25) is 0 Å². The Labute approximate surface area is 123 Å². The summed E-state index contributed by atoms with van der Waals surface area (Å²) in [7, 11) is 0. The van der Waals surface area contributed by atoms with Gasteiger partial charge in [-0.15, -0.1) is 0 Å². The Hall–Kier alpha value is -2.13. The lowest BCUT2D eigenvalue weighted by atomic mass is 10.0. The maximum absolute atomic E-state index is 10.7. The highest BCUT2D eigenvalue weighted by Crippen LogP contribution is 2.26. The van der Waals surface area contributed by atoms with Crippen LogP contribution in [0.4, 0.5) is 5.69 Å². The maximum atomic E-state index is 10.7. The van der Waals surface area contributed by atoms with Crippen molar-refractivity contribution < 1.29 is 9.66 Å². The molecule has 0 aromatic heterocycles. The van der Waals surface area contributed by atoms with Crippen molar-refractivity contribution in [3.63, 3.8) is 0 Å². The van der Waals surface area contributed by atoms with Gasteiger partial charge in [-0.05, 0) is 38.3 Å². The van der Waals surface area contributed by atoms with Gasteiger partial charge in [0.25, 0.3) is 5.69 Å². The van der Waals surface area contributed by atoms with Gasteiger partial charge < -0.3 is 4.74 Å². The third-order valence-corrected chi connectivity index (χ3v) is 3.58. The van der Waals surface area contributed by atoms with E-state index in [4.69, 9.17) is 4.74 Å². The Morgan fingerprint density at radius 1 is 1.57 bits per heavy atom. The van der Waals surface area contributed by atoms with Crippen LogP contribution >= 0.6 is 0 Å². The van der Waals surface area contributed by atoms with Gasteiger partial charge in [-0.25, -0.2) is 0 Å². The highest BCUT2D eigenvalue weighted by atomic mass is 16.6. The van der Waals surface area contributed by atoms with E-state index in [2.05, 4.69) is 11.4 Å². The van der Waals surface area contributed by atoms with Gasteiger partial charge >= 0.3 is 0 Å². The number of nitro benzene ring substituents is 1. The highest BCUT2D eigenvalue weighted by molar-refractivity contribution is 5.42. The zero-order valence-corrected chi connectivity index (χ0v) is 12.3. The van der Waals surface area contributed by atoms with Crippen LogP contribution in [-0.4, -0.2) is 23.1 Å². The average Bonchev–Trinajstić information content (AvgIpc) is 3.24. The third-order valence-electron chi connectivity index (χ3n) is 3.58. The number of hydrogen-bond acceptors (Lipinski definition) is 5. The number of rotatable bonds is 7. The Balaban J connectivity index is 1.90. The summed E-state index contributed by atoms with van der Waals surface area (Å²) in [5.74, 6) is 0.618. The van der Waals surface area contributed by atoms with Crippen molar-refractivity contribution in [1.29, 1.82) is 5.26 Å². The minimum absolute atomic E-state index is 0.0529. The standard InChI is InChI=1S/C15H19N3O3/c1-11-9-13(18(19)20)5-6-14(11)21-8-7-15(2,10-16)17-12-3-4-12/h5-6,9,12,17H,3-4,7-8H2,1-2H3. The lowest BCUT2D eigenvalue weighted by Crippen LogP contribution is -2.43. The summed E-state index contributed by atoms with van der Waals surface area (Å²) in [5.41, 5.74) is 0.186. The molecule has 1 aliphatic rings. The molecule has 1 fully saturated rings. The van der Waals surface area contributed by atoms with Crippen LogP contribution < -0.4 is 10.1 Å². The van der Waals surface area contributed by atoms with Gasteiger partial charge in [-0.1, -0.05) is 0 Å². The predicted octanol–water partition coefficient (Wildman–Crippen LogP) is 2.71. The first-order chi connectivity index (χ1) is 9.93. The molecule has 112 valence electrons. The average molecular weight is 289 g/mol. The lowest BCUT2D eigenvalue weighted by molar-refractivity contribution is -0.384. The van der Waals surface area contributed by atoms with Crippen molar-refractivity contribution in [3.8, 4) is 11.8 Å². The Morgan fingerprint density at radius 3 is 2.81 bits per heavy atom. The van der Waals surface area contributed by atoms with E-state index in [-0.39, 0.29) is 5.69 Å². The van der Waals surface area contributed by atoms with E-state index < -0.39 is 10.5 Å². The molecule has 21 heavy (non-hydrogen) atoms. The molecule has 0 spiro atoms. The normalized spacial score (nSPS) is 16.8. The number of nitriles is 1. The van der Waals surface area contributed by atoms with Crippen LogP contribution in [0, 0.1) is 28.4 Å². The summed E-state index contributed by atoms with van der Waals surface area (Å²) in [6.45, 7) is 4.04. The second-order valence-corrected chi connectivity index (χ2v) is 5.67. The van der Waals surface area contributed by atoms with E-state index in [0.717, 1.165) is 18.4 Å². The number of non-ortho nitro benzene ring substituents is 1. The van der Waals surface area contributed by atoms with E-state index in [1.165, 1.54) is 12.1 Å². The molecule has 0 bridgehead atoms. The minimum Gasteiger partial charge on any atom is -0.493 e. The van der Waals surface area contributed by atoms with Crippen LogP contribution in [0.1, 0.15) is 31.7 Å².